The van der Waals surface area contributed by atoms with Gasteiger partial charge in [-0.05, 0) is 25.0 Å². The van der Waals surface area contributed by atoms with Gasteiger partial charge in [-0.15, -0.1) is 0 Å². The Morgan fingerprint density at radius 3 is 2.96 bits per heavy atom. The van der Waals surface area contributed by atoms with E-state index in [1.807, 2.05) is 18.2 Å². The third-order valence-corrected chi connectivity index (χ3v) is 4.82. The molecule has 1 saturated heterocycles. The van der Waals surface area contributed by atoms with Gasteiger partial charge in [-0.1, -0.05) is 11.2 Å². The molecule has 1 aliphatic carbocycles. The first kappa shape index (κ1) is 16.7. The summed E-state index contributed by atoms with van der Waals surface area (Å²) in [5.41, 5.74) is 0.820. The summed E-state index contributed by atoms with van der Waals surface area (Å²) in [5.74, 6) is 1.16. The second-order valence-electron chi connectivity index (χ2n) is 7.01. The van der Waals surface area contributed by atoms with Crippen molar-refractivity contribution in [2.24, 2.45) is 5.92 Å². The minimum Gasteiger partial charge on any atom is -0.337 e. The second-order valence-corrected chi connectivity index (χ2v) is 7.01. The van der Waals surface area contributed by atoms with Gasteiger partial charge in [0.2, 0.25) is 17.7 Å². The van der Waals surface area contributed by atoms with E-state index >= 15 is 0 Å². The molecule has 1 saturated carbocycles. The average Bonchev–Trinajstić information content (AvgIpc) is 3.29. The fraction of sp³-hybridized carbons (Fsp3) is 0.500. The van der Waals surface area contributed by atoms with Gasteiger partial charge in [0.1, 0.15) is 0 Å². The summed E-state index contributed by atoms with van der Waals surface area (Å²) in [6.45, 7) is 1.11. The zero-order valence-electron chi connectivity index (χ0n) is 14.7. The first-order valence-electron chi connectivity index (χ1n) is 8.85. The highest BCUT2D eigenvalue weighted by atomic mass is 16.5. The molecule has 2 aliphatic rings. The van der Waals surface area contributed by atoms with Crippen LogP contribution in [0.5, 0.6) is 0 Å². The Morgan fingerprint density at radius 2 is 2.23 bits per heavy atom. The molecule has 3 heterocycles. The molecular weight excluding hydrogens is 334 g/mol. The van der Waals surface area contributed by atoms with Crippen LogP contribution in [-0.2, 0) is 22.7 Å². The van der Waals surface area contributed by atoms with Crippen molar-refractivity contribution in [2.45, 2.75) is 38.3 Å². The van der Waals surface area contributed by atoms with Gasteiger partial charge in [0.25, 0.3) is 0 Å². The molecule has 0 N–H and O–H groups in total. The van der Waals surface area contributed by atoms with Crippen molar-refractivity contribution in [1.82, 2.24) is 24.9 Å². The average molecular weight is 355 g/mol. The van der Waals surface area contributed by atoms with E-state index < -0.39 is 0 Å². The van der Waals surface area contributed by atoms with Crippen LogP contribution in [-0.4, -0.2) is 50.3 Å². The summed E-state index contributed by atoms with van der Waals surface area (Å²) >= 11 is 0. The third kappa shape index (κ3) is 3.58. The molecule has 0 aromatic carbocycles. The second kappa shape index (κ2) is 6.86. The summed E-state index contributed by atoms with van der Waals surface area (Å²) in [6.07, 6.45) is 4.13. The number of amides is 2. The summed E-state index contributed by atoms with van der Waals surface area (Å²) in [6, 6.07) is 5.60. The standard InChI is InChI=1S/C18H21N5O3/c1-22(11-15-20-17(21-26-15)12-5-6-12)18(25)13-8-16(24)23(9-13)10-14-4-2-3-7-19-14/h2-4,7,12-13H,5-6,8-11H2,1H3. The van der Waals surface area contributed by atoms with Crippen molar-refractivity contribution in [3.8, 4) is 0 Å². The van der Waals surface area contributed by atoms with Crippen LogP contribution >= 0.6 is 0 Å². The molecule has 0 radical (unpaired) electrons. The van der Waals surface area contributed by atoms with E-state index in [2.05, 4.69) is 15.1 Å². The monoisotopic (exact) mass is 355 g/mol. The molecule has 0 bridgehead atoms. The van der Waals surface area contributed by atoms with Crippen LogP contribution in [0.4, 0.5) is 0 Å². The number of carbonyl (C=O) groups is 2. The van der Waals surface area contributed by atoms with E-state index in [9.17, 15) is 9.59 Å². The number of likely N-dealkylation sites (tertiary alicyclic amines) is 1. The Bertz CT molecular complexity index is 802. The number of hydrogen-bond donors (Lipinski definition) is 0. The molecule has 2 fully saturated rings. The molecule has 2 amide bonds. The third-order valence-electron chi connectivity index (χ3n) is 4.82. The Morgan fingerprint density at radius 1 is 1.38 bits per heavy atom. The zero-order chi connectivity index (χ0) is 18.1. The van der Waals surface area contributed by atoms with Crippen molar-refractivity contribution in [1.29, 1.82) is 0 Å². The minimum atomic E-state index is -0.345. The fourth-order valence-corrected chi connectivity index (χ4v) is 3.21. The molecule has 2 aromatic rings. The fourth-order valence-electron chi connectivity index (χ4n) is 3.21. The summed E-state index contributed by atoms with van der Waals surface area (Å²) in [5, 5.41) is 3.97. The lowest BCUT2D eigenvalue weighted by atomic mass is 10.1. The molecule has 0 spiro atoms. The molecule has 1 aliphatic heterocycles. The first-order valence-corrected chi connectivity index (χ1v) is 8.85. The lowest BCUT2D eigenvalue weighted by Crippen LogP contribution is -2.34. The van der Waals surface area contributed by atoms with Crippen LogP contribution in [0.25, 0.3) is 0 Å². The largest absolute Gasteiger partial charge is 0.337 e. The molecule has 8 heteroatoms. The van der Waals surface area contributed by atoms with Gasteiger partial charge < -0.3 is 14.3 Å². The summed E-state index contributed by atoms with van der Waals surface area (Å²) in [7, 11) is 1.70. The molecule has 4 rings (SSSR count). The summed E-state index contributed by atoms with van der Waals surface area (Å²) < 4.78 is 5.23. The number of nitrogens with zero attached hydrogens (tertiary/aromatic N) is 5. The van der Waals surface area contributed by atoms with Gasteiger partial charge in [0.05, 0.1) is 24.7 Å². The predicted octanol–water partition coefficient (Wildman–Crippen LogP) is 1.35. The maximum atomic E-state index is 12.7. The first-order chi connectivity index (χ1) is 12.6. The van der Waals surface area contributed by atoms with E-state index in [1.54, 1.807) is 23.0 Å². The Balaban J connectivity index is 1.34. The maximum absolute atomic E-state index is 12.7. The highest BCUT2D eigenvalue weighted by molar-refractivity contribution is 5.89. The number of aromatic nitrogens is 3. The molecule has 136 valence electrons. The molecular formula is C18H21N5O3. The van der Waals surface area contributed by atoms with E-state index in [0.29, 0.717) is 24.9 Å². The van der Waals surface area contributed by atoms with Crippen molar-refractivity contribution < 1.29 is 14.1 Å². The van der Waals surface area contributed by atoms with Crippen LogP contribution in [0.3, 0.4) is 0 Å². The zero-order valence-corrected chi connectivity index (χ0v) is 14.7. The van der Waals surface area contributed by atoms with Crippen LogP contribution in [0.15, 0.2) is 28.9 Å². The highest BCUT2D eigenvalue weighted by Gasteiger charge is 2.36. The molecule has 26 heavy (non-hydrogen) atoms. The van der Waals surface area contributed by atoms with E-state index in [-0.39, 0.29) is 30.7 Å². The Hall–Kier alpha value is -2.77. The van der Waals surface area contributed by atoms with Crippen molar-refractivity contribution >= 4 is 11.8 Å². The normalized spacial score (nSPS) is 19.8. The lowest BCUT2D eigenvalue weighted by Gasteiger charge is -2.20. The molecule has 1 unspecified atom stereocenters. The quantitative estimate of drug-likeness (QED) is 0.777. The maximum Gasteiger partial charge on any atom is 0.246 e. The number of rotatable bonds is 6. The highest BCUT2D eigenvalue weighted by Crippen LogP contribution is 2.38. The molecule has 1 atom stereocenters. The van der Waals surface area contributed by atoms with Gasteiger partial charge in [0, 0.05) is 32.1 Å². The van der Waals surface area contributed by atoms with Crippen molar-refractivity contribution in [3.63, 3.8) is 0 Å². The van der Waals surface area contributed by atoms with E-state index in [0.717, 1.165) is 24.4 Å². The number of hydrogen-bond acceptors (Lipinski definition) is 6. The lowest BCUT2D eigenvalue weighted by molar-refractivity contribution is -0.135. The Kier molecular flexibility index (Phi) is 4.40. The predicted molar refractivity (Wildman–Crippen MR) is 90.5 cm³/mol. The van der Waals surface area contributed by atoms with Gasteiger partial charge in [-0.2, -0.15) is 4.98 Å². The minimum absolute atomic E-state index is 0.0174. The molecule has 2 aromatic heterocycles. The molecule has 8 nitrogen and oxygen atoms in total. The SMILES string of the molecule is CN(Cc1nc(C2CC2)no1)C(=O)C1CC(=O)N(Cc2ccccn2)C1. The number of pyridine rings is 1. The van der Waals surface area contributed by atoms with Crippen molar-refractivity contribution in [3.05, 3.63) is 41.8 Å². The van der Waals surface area contributed by atoms with Gasteiger partial charge in [-0.25, -0.2) is 0 Å². The van der Waals surface area contributed by atoms with Gasteiger partial charge >= 0.3 is 0 Å². The van der Waals surface area contributed by atoms with Crippen LogP contribution < -0.4 is 0 Å². The van der Waals surface area contributed by atoms with Crippen LogP contribution in [0.1, 0.15) is 42.6 Å². The van der Waals surface area contributed by atoms with Crippen molar-refractivity contribution in [2.75, 3.05) is 13.6 Å². The van der Waals surface area contributed by atoms with Gasteiger partial charge in [0.15, 0.2) is 5.82 Å². The van der Waals surface area contributed by atoms with E-state index in [1.165, 1.54) is 0 Å². The Labute approximate surface area is 151 Å². The smallest absolute Gasteiger partial charge is 0.246 e. The van der Waals surface area contributed by atoms with Crippen LogP contribution in [0, 0.1) is 5.92 Å². The van der Waals surface area contributed by atoms with Gasteiger partial charge in [-0.3, -0.25) is 14.6 Å². The van der Waals surface area contributed by atoms with Crippen LogP contribution in [0.2, 0.25) is 0 Å². The van der Waals surface area contributed by atoms with E-state index in [4.69, 9.17) is 4.52 Å². The summed E-state index contributed by atoms with van der Waals surface area (Å²) in [4.78, 5) is 36.8. The number of carbonyl (C=O) groups excluding carboxylic acids is 2. The topological polar surface area (TPSA) is 92.4 Å².